The van der Waals surface area contributed by atoms with Gasteiger partial charge in [-0.05, 0) is 65.9 Å². The molecule has 0 aromatic heterocycles. The van der Waals surface area contributed by atoms with E-state index in [0.717, 1.165) is 3.57 Å². The van der Waals surface area contributed by atoms with Crippen molar-refractivity contribution in [1.29, 1.82) is 0 Å². The van der Waals surface area contributed by atoms with Crippen LogP contribution in [-0.2, 0) is 14.8 Å². The zero-order valence-corrected chi connectivity index (χ0v) is 16.5. The largest absolute Gasteiger partial charge is 0.476 e. The number of nitrogens with one attached hydrogen (secondary N) is 1. The van der Waals surface area contributed by atoms with E-state index in [4.69, 9.17) is 4.74 Å². The molecular weight excluding hydrogens is 455 g/mol. The molecule has 3 rings (SSSR count). The highest BCUT2D eigenvalue weighted by Gasteiger charge is 2.35. The van der Waals surface area contributed by atoms with Gasteiger partial charge in [-0.2, -0.15) is 0 Å². The molecular formula is C17H17IN2O4S. The minimum absolute atomic E-state index is 0.0488. The van der Waals surface area contributed by atoms with Crippen molar-refractivity contribution in [2.45, 2.75) is 13.0 Å². The Kier molecular flexibility index (Phi) is 5.19. The number of benzene rings is 2. The first kappa shape index (κ1) is 18.0. The highest BCUT2D eigenvalue weighted by Crippen LogP contribution is 2.35. The second-order valence-corrected chi connectivity index (χ2v) is 8.93. The number of anilines is 2. The van der Waals surface area contributed by atoms with Crippen LogP contribution in [0.4, 0.5) is 11.4 Å². The Morgan fingerprint density at radius 2 is 1.92 bits per heavy atom. The summed E-state index contributed by atoms with van der Waals surface area (Å²) in [7, 11) is -3.51. The van der Waals surface area contributed by atoms with E-state index in [2.05, 4.69) is 27.9 Å². The number of fused-ring (bicyclic) bond motifs is 1. The van der Waals surface area contributed by atoms with Crippen molar-refractivity contribution in [3.05, 3.63) is 52.1 Å². The van der Waals surface area contributed by atoms with Gasteiger partial charge in [0.2, 0.25) is 10.0 Å². The van der Waals surface area contributed by atoms with Crippen LogP contribution in [0, 0.1) is 3.57 Å². The monoisotopic (exact) mass is 472 g/mol. The van der Waals surface area contributed by atoms with Crippen LogP contribution in [0.5, 0.6) is 5.75 Å². The van der Waals surface area contributed by atoms with Crippen molar-refractivity contribution >= 4 is 49.9 Å². The van der Waals surface area contributed by atoms with Crippen LogP contribution in [0.2, 0.25) is 0 Å². The minimum Gasteiger partial charge on any atom is -0.476 e. The van der Waals surface area contributed by atoms with Crippen molar-refractivity contribution in [3.63, 3.8) is 0 Å². The molecule has 0 spiro atoms. The van der Waals surface area contributed by atoms with Crippen LogP contribution < -0.4 is 14.4 Å². The summed E-state index contributed by atoms with van der Waals surface area (Å²) in [5.74, 6) is -0.0483. The van der Waals surface area contributed by atoms with E-state index >= 15 is 0 Å². The summed E-state index contributed by atoms with van der Waals surface area (Å²) in [6, 6.07) is 14.2. The third-order valence-corrected chi connectivity index (χ3v) is 6.31. The van der Waals surface area contributed by atoms with E-state index in [9.17, 15) is 13.2 Å². The van der Waals surface area contributed by atoms with Gasteiger partial charge in [-0.15, -0.1) is 0 Å². The van der Waals surface area contributed by atoms with Gasteiger partial charge in [0.15, 0.2) is 6.10 Å². The van der Waals surface area contributed by atoms with Crippen LogP contribution in [-0.4, -0.2) is 32.7 Å². The van der Waals surface area contributed by atoms with Gasteiger partial charge >= 0.3 is 0 Å². The summed E-state index contributed by atoms with van der Waals surface area (Å²) >= 11 is 2.18. The zero-order valence-electron chi connectivity index (χ0n) is 13.5. The highest BCUT2D eigenvalue weighted by atomic mass is 127. The Labute approximate surface area is 160 Å². The van der Waals surface area contributed by atoms with Crippen molar-refractivity contribution in [2.24, 2.45) is 0 Å². The number of ether oxygens (including phenoxy) is 1. The Morgan fingerprint density at radius 3 is 2.60 bits per heavy atom. The molecule has 1 aliphatic rings. The lowest BCUT2D eigenvalue weighted by Gasteiger charge is -2.34. The molecule has 0 aliphatic carbocycles. The number of para-hydroxylation sites is 2. The molecule has 0 radical (unpaired) electrons. The maximum Gasteiger partial charge on any atom is 0.267 e. The van der Waals surface area contributed by atoms with Crippen LogP contribution in [0.1, 0.15) is 6.92 Å². The zero-order chi connectivity index (χ0) is 18.0. The first-order valence-electron chi connectivity index (χ1n) is 7.73. The topological polar surface area (TPSA) is 75.7 Å². The molecule has 1 atom stereocenters. The van der Waals surface area contributed by atoms with Gasteiger partial charge < -0.3 is 10.1 Å². The number of carbonyl (C=O) groups is 1. The predicted molar refractivity (Wildman–Crippen MR) is 105 cm³/mol. The SMILES string of the molecule is CCS(=O)(=O)N1CC(C(=O)Nc2ccc(I)cc2)Oc2ccccc21. The molecule has 6 nitrogen and oxygen atoms in total. The fourth-order valence-corrected chi connectivity index (χ4v) is 4.00. The van der Waals surface area contributed by atoms with Gasteiger partial charge in [-0.3, -0.25) is 9.10 Å². The van der Waals surface area contributed by atoms with Crippen LogP contribution >= 0.6 is 22.6 Å². The number of halogens is 1. The third-order valence-electron chi connectivity index (χ3n) is 3.84. The van der Waals surface area contributed by atoms with Gasteiger partial charge in [0.1, 0.15) is 5.75 Å². The molecule has 1 aliphatic heterocycles. The minimum atomic E-state index is -3.51. The molecule has 1 amide bonds. The van der Waals surface area contributed by atoms with Gasteiger partial charge in [-0.25, -0.2) is 8.42 Å². The number of nitrogens with zero attached hydrogens (tertiary/aromatic N) is 1. The number of rotatable bonds is 4. The number of hydrogen-bond donors (Lipinski definition) is 1. The molecule has 8 heteroatoms. The summed E-state index contributed by atoms with van der Waals surface area (Å²) in [5.41, 5.74) is 1.10. The van der Waals surface area contributed by atoms with E-state index in [1.54, 1.807) is 43.3 Å². The normalized spacial score (nSPS) is 16.7. The lowest BCUT2D eigenvalue weighted by molar-refractivity contribution is -0.122. The number of amides is 1. The van der Waals surface area contributed by atoms with E-state index in [-0.39, 0.29) is 18.2 Å². The van der Waals surface area contributed by atoms with Gasteiger partial charge in [0.05, 0.1) is 18.0 Å². The maximum atomic E-state index is 12.6. The average Bonchev–Trinajstić information content (AvgIpc) is 2.62. The van der Waals surface area contributed by atoms with Crippen molar-refractivity contribution < 1.29 is 17.9 Å². The lowest BCUT2D eigenvalue weighted by Crippen LogP contribution is -2.49. The third kappa shape index (κ3) is 3.90. The van der Waals surface area contributed by atoms with Gasteiger partial charge in [0, 0.05) is 9.26 Å². The van der Waals surface area contributed by atoms with Crippen molar-refractivity contribution in [3.8, 4) is 5.75 Å². The first-order valence-corrected chi connectivity index (χ1v) is 10.4. The van der Waals surface area contributed by atoms with E-state index < -0.39 is 16.1 Å². The maximum absolute atomic E-state index is 12.6. The molecule has 2 aromatic rings. The summed E-state index contributed by atoms with van der Waals surface area (Å²) in [6.07, 6.45) is -0.921. The van der Waals surface area contributed by atoms with Crippen LogP contribution in [0.25, 0.3) is 0 Å². The standard InChI is InChI=1S/C17H17IN2O4S/c1-2-25(22,23)20-11-16(24-15-6-4-3-5-14(15)20)17(21)19-13-9-7-12(18)8-10-13/h3-10,16H,2,11H2,1H3,(H,19,21). The summed E-state index contributed by atoms with van der Waals surface area (Å²) in [4.78, 5) is 12.6. The molecule has 0 fully saturated rings. The Bertz CT molecular complexity index is 884. The van der Waals surface area contributed by atoms with E-state index in [0.29, 0.717) is 17.1 Å². The Hall–Kier alpha value is -1.81. The lowest BCUT2D eigenvalue weighted by atomic mass is 10.2. The molecule has 0 bridgehead atoms. The Balaban J connectivity index is 1.86. The van der Waals surface area contributed by atoms with Crippen LogP contribution in [0.3, 0.4) is 0 Å². The molecule has 0 saturated heterocycles. The smallest absolute Gasteiger partial charge is 0.267 e. The molecule has 0 saturated carbocycles. The summed E-state index contributed by atoms with van der Waals surface area (Å²) < 4.78 is 32.9. The Morgan fingerprint density at radius 1 is 1.24 bits per heavy atom. The fraction of sp³-hybridized carbons (Fsp3) is 0.235. The van der Waals surface area contributed by atoms with Crippen LogP contribution in [0.15, 0.2) is 48.5 Å². The number of hydrogen-bond acceptors (Lipinski definition) is 4. The fourth-order valence-electron chi connectivity index (χ4n) is 2.51. The van der Waals surface area contributed by atoms with Gasteiger partial charge in [-0.1, -0.05) is 12.1 Å². The average molecular weight is 472 g/mol. The summed E-state index contributed by atoms with van der Waals surface area (Å²) in [6.45, 7) is 1.53. The van der Waals surface area contributed by atoms with Gasteiger partial charge in [0.25, 0.3) is 5.91 Å². The molecule has 25 heavy (non-hydrogen) atoms. The number of carbonyl (C=O) groups excluding carboxylic acids is 1. The molecule has 132 valence electrons. The van der Waals surface area contributed by atoms with Crippen molar-refractivity contribution in [2.75, 3.05) is 21.9 Å². The summed E-state index contributed by atoms with van der Waals surface area (Å²) in [5, 5.41) is 2.77. The van der Waals surface area contributed by atoms with Crippen molar-refractivity contribution in [1.82, 2.24) is 0 Å². The molecule has 2 aromatic carbocycles. The number of sulfonamides is 1. The first-order chi connectivity index (χ1) is 11.9. The molecule has 1 heterocycles. The molecule has 1 unspecified atom stereocenters. The van der Waals surface area contributed by atoms with E-state index in [1.807, 2.05) is 12.1 Å². The predicted octanol–water partition coefficient (Wildman–Crippen LogP) is 2.85. The second-order valence-electron chi connectivity index (χ2n) is 5.50. The quantitative estimate of drug-likeness (QED) is 0.695. The second kappa shape index (κ2) is 7.20. The molecule has 1 N–H and O–H groups in total. The highest BCUT2D eigenvalue weighted by molar-refractivity contribution is 14.1. The van der Waals surface area contributed by atoms with E-state index in [1.165, 1.54) is 4.31 Å².